The molecule has 0 atom stereocenters. The molecule has 2 aromatic rings. The lowest BCUT2D eigenvalue weighted by molar-refractivity contribution is -0.135. The van der Waals surface area contributed by atoms with E-state index in [1.807, 2.05) is 24.3 Å². The molecule has 0 unspecified atom stereocenters. The van der Waals surface area contributed by atoms with Crippen LogP contribution in [0.1, 0.15) is 43.9 Å². The molecule has 2 aliphatic rings. The second kappa shape index (κ2) is 8.60. The molecule has 7 nitrogen and oxygen atoms in total. The molecule has 7 heteroatoms. The van der Waals surface area contributed by atoms with Crippen LogP contribution in [0.3, 0.4) is 0 Å². The van der Waals surface area contributed by atoms with E-state index in [0.717, 1.165) is 17.7 Å². The Kier molecular flexibility index (Phi) is 5.72. The molecule has 2 N–H and O–H groups in total. The van der Waals surface area contributed by atoms with E-state index in [9.17, 15) is 14.4 Å². The van der Waals surface area contributed by atoms with Crippen molar-refractivity contribution in [3.63, 3.8) is 0 Å². The standard InChI is InChI=1S/C24H24N4O3/c1-17-10-12-24(13-11-17)22(30)28(23(31)27-24)16-21(29)26-20-7-4-5-18(15-20)8-9-19-6-2-3-14-25-19/h2-7,14-15,17H,10-13,16H2,1H3,(H,26,29)(H,27,31). The number of anilines is 1. The van der Waals surface area contributed by atoms with Gasteiger partial charge in [0.05, 0.1) is 0 Å². The van der Waals surface area contributed by atoms with Crippen LogP contribution in [0.15, 0.2) is 48.7 Å². The van der Waals surface area contributed by atoms with Crippen molar-refractivity contribution in [2.24, 2.45) is 5.92 Å². The molecular weight excluding hydrogens is 392 g/mol. The summed E-state index contributed by atoms with van der Waals surface area (Å²) in [4.78, 5) is 43.0. The van der Waals surface area contributed by atoms with Crippen LogP contribution in [-0.2, 0) is 9.59 Å². The number of benzene rings is 1. The Bertz CT molecular complexity index is 1060. The molecule has 1 saturated carbocycles. The maximum Gasteiger partial charge on any atom is 0.325 e. The van der Waals surface area contributed by atoms with E-state index in [-0.39, 0.29) is 12.5 Å². The first-order valence-electron chi connectivity index (χ1n) is 10.4. The number of amides is 4. The van der Waals surface area contributed by atoms with Crippen molar-refractivity contribution in [3.8, 4) is 11.8 Å². The number of carbonyl (C=O) groups excluding carboxylic acids is 3. The molecule has 1 aliphatic carbocycles. The third kappa shape index (κ3) is 4.58. The van der Waals surface area contributed by atoms with Gasteiger partial charge in [-0.05, 0) is 67.9 Å². The van der Waals surface area contributed by atoms with Gasteiger partial charge >= 0.3 is 6.03 Å². The molecule has 4 rings (SSSR count). The number of nitrogens with one attached hydrogen (secondary N) is 2. The summed E-state index contributed by atoms with van der Waals surface area (Å²) in [5.74, 6) is 5.79. The number of carbonyl (C=O) groups is 3. The van der Waals surface area contributed by atoms with Crippen molar-refractivity contribution < 1.29 is 14.4 Å². The number of rotatable bonds is 3. The number of nitrogens with zero attached hydrogens (tertiary/aromatic N) is 2. The molecule has 0 radical (unpaired) electrons. The molecule has 1 aliphatic heterocycles. The summed E-state index contributed by atoms with van der Waals surface area (Å²) in [6, 6.07) is 12.1. The second-order valence-corrected chi connectivity index (χ2v) is 8.18. The van der Waals surface area contributed by atoms with Crippen LogP contribution in [0.5, 0.6) is 0 Å². The van der Waals surface area contributed by atoms with Gasteiger partial charge in [0.15, 0.2) is 0 Å². The average molecular weight is 416 g/mol. The Hall–Kier alpha value is -3.66. The fourth-order valence-corrected chi connectivity index (χ4v) is 4.01. The van der Waals surface area contributed by atoms with Gasteiger partial charge in [-0.15, -0.1) is 0 Å². The Balaban J connectivity index is 1.40. The molecule has 4 amide bonds. The van der Waals surface area contributed by atoms with Crippen LogP contribution in [0, 0.1) is 17.8 Å². The first-order chi connectivity index (χ1) is 14.9. The average Bonchev–Trinajstić information content (AvgIpc) is 2.99. The van der Waals surface area contributed by atoms with Crippen molar-refractivity contribution in [1.29, 1.82) is 0 Å². The molecule has 31 heavy (non-hydrogen) atoms. The molecule has 1 saturated heterocycles. The predicted octanol–water partition coefficient (Wildman–Crippen LogP) is 2.92. The first kappa shape index (κ1) is 20.6. The van der Waals surface area contributed by atoms with Gasteiger partial charge in [0.1, 0.15) is 17.8 Å². The summed E-state index contributed by atoms with van der Waals surface area (Å²) in [6.45, 7) is 1.83. The lowest BCUT2D eigenvalue weighted by Crippen LogP contribution is -2.49. The first-order valence-corrected chi connectivity index (χ1v) is 10.4. The van der Waals surface area contributed by atoms with E-state index in [2.05, 4.69) is 34.4 Å². The van der Waals surface area contributed by atoms with Crippen molar-refractivity contribution in [2.45, 2.75) is 38.1 Å². The van der Waals surface area contributed by atoms with Gasteiger partial charge in [-0.3, -0.25) is 14.5 Å². The normalized spacial score (nSPS) is 22.6. The minimum absolute atomic E-state index is 0.297. The summed E-state index contributed by atoms with van der Waals surface area (Å²) < 4.78 is 0. The molecule has 1 aromatic carbocycles. The summed E-state index contributed by atoms with van der Waals surface area (Å²) in [5.41, 5.74) is 1.08. The third-order valence-corrected chi connectivity index (χ3v) is 5.82. The van der Waals surface area contributed by atoms with Gasteiger partial charge in [-0.2, -0.15) is 0 Å². The number of aromatic nitrogens is 1. The molecule has 2 heterocycles. The summed E-state index contributed by atoms with van der Waals surface area (Å²) in [7, 11) is 0. The zero-order valence-electron chi connectivity index (χ0n) is 17.4. The van der Waals surface area contributed by atoms with E-state index in [4.69, 9.17) is 0 Å². The van der Waals surface area contributed by atoms with E-state index in [1.165, 1.54) is 0 Å². The Morgan fingerprint density at radius 3 is 2.74 bits per heavy atom. The highest BCUT2D eigenvalue weighted by molar-refractivity contribution is 6.10. The van der Waals surface area contributed by atoms with Crippen LogP contribution in [0.2, 0.25) is 0 Å². The number of hydrogen-bond donors (Lipinski definition) is 2. The molecule has 1 spiro atoms. The Morgan fingerprint density at radius 1 is 1.19 bits per heavy atom. The quantitative estimate of drug-likeness (QED) is 0.595. The zero-order valence-corrected chi connectivity index (χ0v) is 17.4. The molecule has 158 valence electrons. The SMILES string of the molecule is CC1CCC2(CC1)NC(=O)N(CC(=O)Nc1cccc(C#Cc3ccccn3)c1)C2=O. The Labute approximate surface area is 181 Å². The van der Waals surface area contributed by atoms with Crippen LogP contribution in [0.4, 0.5) is 10.5 Å². The van der Waals surface area contributed by atoms with Gasteiger partial charge in [0, 0.05) is 17.4 Å². The minimum Gasteiger partial charge on any atom is -0.324 e. The Morgan fingerprint density at radius 2 is 2.00 bits per heavy atom. The monoisotopic (exact) mass is 416 g/mol. The van der Waals surface area contributed by atoms with E-state index >= 15 is 0 Å². The van der Waals surface area contributed by atoms with Crippen LogP contribution < -0.4 is 10.6 Å². The van der Waals surface area contributed by atoms with Crippen molar-refractivity contribution >= 4 is 23.5 Å². The van der Waals surface area contributed by atoms with Gasteiger partial charge in [0.25, 0.3) is 5.91 Å². The molecule has 2 fully saturated rings. The second-order valence-electron chi connectivity index (χ2n) is 8.18. The van der Waals surface area contributed by atoms with Crippen LogP contribution >= 0.6 is 0 Å². The highest BCUT2D eigenvalue weighted by Crippen LogP contribution is 2.36. The minimum atomic E-state index is -0.842. The number of hydrogen-bond acceptors (Lipinski definition) is 4. The predicted molar refractivity (Wildman–Crippen MR) is 116 cm³/mol. The van der Waals surface area contributed by atoms with E-state index < -0.39 is 17.5 Å². The highest BCUT2D eigenvalue weighted by atomic mass is 16.2. The van der Waals surface area contributed by atoms with Crippen LogP contribution in [0.25, 0.3) is 0 Å². The molecule has 0 bridgehead atoms. The smallest absolute Gasteiger partial charge is 0.324 e. The van der Waals surface area contributed by atoms with E-state index in [0.29, 0.717) is 35.7 Å². The summed E-state index contributed by atoms with van der Waals surface area (Å²) in [6.07, 6.45) is 4.69. The highest BCUT2D eigenvalue weighted by Gasteiger charge is 2.52. The van der Waals surface area contributed by atoms with Gasteiger partial charge in [0.2, 0.25) is 5.91 Å². The fraction of sp³-hybridized carbons (Fsp3) is 0.333. The maximum atomic E-state index is 12.9. The van der Waals surface area contributed by atoms with E-state index in [1.54, 1.807) is 24.4 Å². The fourth-order valence-electron chi connectivity index (χ4n) is 4.01. The van der Waals surface area contributed by atoms with Gasteiger partial charge in [-0.1, -0.05) is 25.0 Å². The van der Waals surface area contributed by atoms with Gasteiger partial charge < -0.3 is 10.6 Å². The number of imide groups is 1. The third-order valence-electron chi connectivity index (χ3n) is 5.82. The zero-order chi connectivity index (χ0) is 21.8. The topological polar surface area (TPSA) is 91.4 Å². The molecule has 1 aromatic heterocycles. The number of urea groups is 1. The summed E-state index contributed by atoms with van der Waals surface area (Å²) in [5, 5.41) is 5.58. The number of pyridine rings is 1. The van der Waals surface area contributed by atoms with Crippen molar-refractivity contribution in [3.05, 3.63) is 59.9 Å². The maximum absolute atomic E-state index is 12.9. The van der Waals surface area contributed by atoms with Gasteiger partial charge in [-0.25, -0.2) is 9.78 Å². The molecular formula is C24H24N4O3. The van der Waals surface area contributed by atoms with Crippen molar-refractivity contribution in [2.75, 3.05) is 11.9 Å². The largest absolute Gasteiger partial charge is 0.325 e. The van der Waals surface area contributed by atoms with Crippen LogP contribution in [-0.4, -0.2) is 39.8 Å². The summed E-state index contributed by atoms with van der Waals surface area (Å²) >= 11 is 0. The lowest BCUT2D eigenvalue weighted by atomic mass is 9.77. The lowest BCUT2D eigenvalue weighted by Gasteiger charge is -2.33. The van der Waals surface area contributed by atoms with Crippen molar-refractivity contribution in [1.82, 2.24) is 15.2 Å².